The molecule has 0 amide bonds. The molecule has 5 saturated heterocycles. The number of nitrogens with one attached hydrogen (secondary N) is 8. The summed E-state index contributed by atoms with van der Waals surface area (Å²) in [5.74, 6) is 4.49. The number of carbonyl (C=O) groups excluding carboxylic acids is 1. The molecule has 9 fully saturated rings. The zero-order valence-electron chi connectivity index (χ0n) is 27.6. The molecule has 11 nitrogen and oxygen atoms in total. The monoisotopic (exact) mass is 776 g/mol. The summed E-state index contributed by atoms with van der Waals surface area (Å²) in [6.45, 7) is 0. The molecular weight excluding hydrogens is 723 g/mol. The van der Waals surface area contributed by atoms with Crippen molar-refractivity contribution < 1.29 is 30.3 Å². The van der Waals surface area contributed by atoms with Crippen molar-refractivity contribution in [2.75, 3.05) is 0 Å². The van der Waals surface area contributed by atoms with Crippen LogP contribution in [0.3, 0.4) is 0 Å². The molecule has 9 aliphatic rings. The van der Waals surface area contributed by atoms with Gasteiger partial charge in [0.2, 0.25) is 5.24 Å². The van der Waals surface area contributed by atoms with Crippen LogP contribution in [0.4, 0.5) is 0 Å². The topological polar surface area (TPSA) is 147 Å². The van der Waals surface area contributed by atoms with E-state index in [2.05, 4.69) is 53.2 Å². The molecule has 0 spiro atoms. The first-order valence-electron chi connectivity index (χ1n) is 18.9. The molecule has 17 atom stereocenters. The van der Waals surface area contributed by atoms with Gasteiger partial charge in [-0.3, -0.25) is 47.3 Å². The second-order valence-corrected chi connectivity index (χ2v) is 17.8. The van der Waals surface area contributed by atoms with Crippen LogP contribution in [-0.4, -0.2) is 54.6 Å². The summed E-state index contributed by atoms with van der Waals surface area (Å²) in [6, 6.07) is 0. The first kappa shape index (κ1) is 36.7. The third-order valence-electron chi connectivity index (χ3n) is 14.2. The number of carbonyl (C=O) groups is 1. The van der Waals surface area contributed by atoms with Crippen LogP contribution in [0.15, 0.2) is 0 Å². The van der Waals surface area contributed by atoms with Crippen molar-refractivity contribution in [1.82, 2.24) is 42.5 Å². The molecule has 0 aromatic carbocycles. The van der Waals surface area contributed by atoms with E-state index in [-0.39, 0.29) is 58.8 Å². The van der Waals surface area contributed by atoms with Crippen LogP contribution >= 0.6 is 22.3 Å². The number of rotatable bonds is 1. The van der Waals surface area contributed by atoms with E-state index in [0.29, 0.717) is 66.1 Å². The largest absolute Gasteiger partial charge is 1.00 e. The molecular formula is C33H55Cl2CuN8O3S. The average Bonchev–Trinajstić information content (AvgIpc) is 3.80. The predicted molar refractivity (Wildman–Crippen MR) is 182 cm³/mol. The summed E-state index contributed by atoms with van der Waals surface area (Å²) in [5, 5.41) is 33.1. The van der Waals surface area contributed by atoms with Gasteiger partial charge in [0, 0.05) is 21.8 Å². The van der Waals surface area contributed by atoms with Crippen molar-refractivity contribution in [2.45, 2.75) is 146 Å². The molecule has 276 valence electrons. The van der Waals surface area contributed by atoms with Gasteiger partial charge in [0.25, 0.3) is 0 Å². The SMILES string of the molecule is O=C(Cl)C1CCCC2C3NC4NC(NC5NC(NC6NC(NC(N3)C12)C1CCCCC61)C1CCCCC51)C1CCCCC41.O=[S-](=O)Cl.[Cu+]. The molecule has 8 N–H and O–H groups in total. The Morgan fingerprint density at radius 1 is 0.438 bits per heavy atom. The maximum Gasteiger partial charge on any atom is 1.00 e. The Balaban J connectivity index is 0.000000693. The molecule has 15 heteroatoms. The summed E-state index contributed by atoms with van der Waals surface area (Å²) in [4.78, 5) is 12.8. The van der Waals surface area contributed by atoms with Crippen LogP contribution in [0.5, 0.6) is 0 Å². The molecule has 4 aliphatic carbocycles. The minimum absolute atomic E-state index is 0. The van der Waals surface area contributed by atoms with E-state index in [9.17, 15) is 4.79 Å². The van der Waals surface area contributed by atoms with Crippen LogP contribution in [0, 0.1) is 53.3 Å². The van der Waals surface area contributed by atoms with E-state index in [0.717, 1.165) is 19.3 Å². The van der Waals surface area contributed by atoms with Gasteiger partial charge in [-0.25, -0.2) is 0 Å². The second kappa shape index (κ2) is 15.8. The molecule has 8 bridgehead atoms. The van der Waals surface area contributed by atoms with Crippen molar-refractivity contribution >= 4 is 37.4 Å². The normalized spacial score (nSPS) is 50.9. The van der Waals surface area contributed by atoms with Gasteiger partial charge in [-0.05, 0) is 104 Å². The Morgan fingerprint density at radius 2 is 0.688 bits per heavy atom. The standard InChI is InChI=1S/C33H55ClN8O.ClO2S.Cu/c34-25(43)22-14-7-15-23-24(22)33-41-31-21-13-6-5-12-20(21)29(39-31)37-27-17-9-2-1-8-16(17)26(35-27)36-28-18-10-3-4-11-19(18)30(38-28)40-32(23)42-33;1-4(2)3;/h16-24,26-33,35-42H,1-15H2;;/q;-1;+1. The van der Waals surface area contributed by atoms with Gasteiger partial charge < -0.3 is 8.42 Å². The fraction of sp³-hybridized carbons (Fsp3) is 0.970. The molecule has 4 saturated carbocycles. The molecule has 5 aliphatic heterocycles. The van der Waals surface area contributed by atoms with Crippen molar-refractivity contribution in [1.29, 1.82) is 0 Å². The van der Waals surface area contributed by atoms with Gasteiger partial charge in [0.15, 0.2) is 0 Å². The second-order valence-electron chi connectivity index (χ2n) is 16.3. The van der Waals surface area contributed by atoms with Crippen molar-refractivity contribution in [3.05, 3.63) is 0 Å². The number of hydrogen-bond acceptors (Lipinski definition) is 12. The zero-order chi connectivity index (χ0) is 32.2. The maximum atomic E-state index is 12.8. The Bertz CT molecular complexity index is 1220. The van der Waals surface area contributed by atoms with E-state index in [1.807, 2.05) is 0 Å². The number of halogens is 2. The molecule has 5 heterocycles. The molecule has 17 unspecified atom stereocenters. The minimum atomic E-state index is -2.39. The van der Waals surface area contributed by atoms with Crippen molar-refractivity contribution in [3.8, 4) is 0 Å². The van der Waals surface area contributed by atoms with Gasteiger partial charge >= 0.3 is 17.1 Å². The summed E-state index contributed by atoms with van der Waals surface area (Å²) >= 11 is 6.36. The summed E-state index contributed by atoms with van der Waals surface area (Å²) in [7, 11) is 1.80. The Hall–Kier alpha value is 0.399. The molecule has 0 radical (unpaired) electrons. The minimum Gasteiger partial charge on any atom is -0.409 e. The molecule has 0 aromatic rings. The van der Waals surface area contributed by atoms with Gasteiger partial charge in [0.1, 0.15) is 0 Å². The molecule has 48 heavy (non-hydrogen) atoms. The van der Waals surface area contributed by atoms with Crippen LogP contribution in [-0.2, 0) is 40.2 Å². The number of hydrogen-bond donors (Lipinski definition) is 8. The van der Waals surface area contributed by atoms with E-state index >= 15 is 0 Å². The Kier molecular flexibility index (Phi) is 12.1. The smallest absolute Gasteiger partial charge is 0.409 e. The van der Waals surface area contributed by atoms with Crippen LogP contribution < -0.4 is 42.5 Å². The van der Waals surface area contributed by atoms with Crippen LogP contribution in [0.25, 0.3) is 0 Å². The fourth-order valence-corrected chi connectivity index (χ4v) is 12.6. The van der Waals surface area contributed by atoms with Gasteiger partial charge in [-0.15, -0.1) is 0 Å². The van der Waals surface area contributed by atoms with Gasteiger partial charge in [-0.2, -0.15) is 10.7 Å². The van der Waals surface area contributed by atoms with Gasteiger partial charge in [0.05, 0.1) is 49.3 Å². The Morgan fingerprint density at radius 3 is 0.979 bits per heavy atom. The van der Waals surface area contributed by atoms with Crippen molar-refractivity contribution in [2.24, 2.45) is 53.3 Å². The fourth-order valence-electron chi connectivity index (χ4n) is 12.3. The Labute approximate surface area is 307 Å². The zero-order valence-corrected chi connectivity index (χ0v) is 30.9. The van der Waals surface area contributed by atoms with Gasteiger partial charge in [-0.1, -0.05) is 44.9 Å². The predicted octanol–water partition coefficient (Wildman–Crippen LogP) is 3.04. The quantitative estimate of drug-likeness (QED) is 0.113. The van der Waals surface area contributed by atoms with Crippen LogP contribution in [0.2, 0.25) is 0 Å². The van der Waals surface area contributed by atoms with Crippen LogP contribution in [0.1, 0.15) is 96.3 Å². The average molecular weight is 778 g/mol. The third kappa shape index (κ3) is 7.18. The van der Waals surface area contributed by atoms with E-state index in [4.69, 9.17) is 20.0 Å². The van der Waals surface area contributed by atoms with E-state index in [1.54, 1.807) is 0 Å². The van der Waals surface area contributed by atoms with Crippen molar-refractivity contribution in [3.63, 3.8) is 0 Å². The number of fused-ring (bicyclic) bond motifs is 20. The molecule has 9 rings (SSSR count). The molecule has 0 aromatic heterocycles. The third-order valence-corrected chi connectivity index (χ3v) is 14.5. The summed E-state index contributed by atoms with van der Waals surface area (Å²) in [6.07, 6.45) is 21.2. The maximum absolute atomic E-state index is 12.8. The first-order valence-corrected chi connectivity index (χ1v) is 21.2. The van der Waals surface area contributed by atoms with E-state index < -0.39 is 9.92 Å². The summed E-state index contributed by atoms with van der Waals surface area (Å²) in [5.41, 5.74) is 0. The van der Waals surface area contributed by atoms with E-state index in [1.165, 1.54) is 77.0 Å². The summed E-state index contributed by atoms with van der Waals surface area (Å²) < 4.78 is 17.5. The first-order chi connectivity index (χ1) is 22.9.